The highest BCUT2D eigenvalue weighted by atomic mass is 16.5. The SMILES string of the molecule is COc1ccc2c(-c3ccc4ncnn4c3)c[nH]c2n1. The van der Waals surface area contributed by atoms with Crippen LogP contribution >= 0.6 is 0 Å². The number of nitrogens with zero attached hydrogens (tertiary/aromatic N) is 4. The molecule has 0 aliphatic carbocycles. The summed E-state index contributed by atoms with van der Waals surface area (Å²) in [4.78, 5) is 11.7. The highest BCUT2D eigenvalue weighted by Crippen LogP contribution is 2.28. The third kappa shape index (κ3) is 1.55. The standard InChI is InChI=1S/C14H11N5O/c1-20-13-5-3-10-11(6-15-14(10)18-13)9-2-4-12-16-8-17-19(12)7-9/h2-8H,1H3,(H,15,18). The summed E-state index contributed by atoms with van der Waals surface area (Å²) in [5, 5.41) is 5.20. The fourth-order valence-corrected chi connectivity index (χ4v) is 2.32. The van der Waals surface area contributed by atoms with E-state index in [1.807, 2.05) is 36.7 Å². The molecule has 0 spiro atoms. The maximum atomic E-state index is 5.13. The molecule has 0 atom stereocenters. The van der Waals surface area contributed by atoms with Crippen molar-refractivity contribution >= 4 is 16.7 Å². The van der Waals surface area contributed by atoms with E-state index in [1.165, 1.54) is 0 Å². The van der Waals surface area contributed by atoms with Crippen LogP contribution in [0.5, 0.6) is 5.88 Å². The molecule has 0 saturated carbocycles. The van der Waals surface area contributed by atoms with Gasteiger partial charge in [0.25, 0.3) is 0 Å². The van der Waals surface area contributed by atoms with Gasteiger partial charge >= 0.3 is 0 Å². The summed E-state index contributed by atoms with van der Waals surface area (Å²) in [6, 6.07) is 7.82. The Balaban J connectivity index is 1.92. The first-order chi connectivity index (χ1) is 9.85. The van der Waals surface area contributed by atoms with E-state index in [4.69, 9.17) is 4.74 Å². The second-order valence-corrected chi connectivity index (χ2v) is 4.43. The lowest BCUT2D eigenvalue weighted by molar-refractivity contribution is 0.399. The van der Waals surface area contributed by atoms with E-state index in [-0.39, 0.29) is 0 Å². The summed E-state index contributed by atoms with van der Waals surface area (Å²) in [6.07, 6.45) is 5.44. The number of ether oxygens (including phenoxy) is 1. The minimum atomic E-state index is 0.595. The predicted molar refractivity (Wildman–Crippen MR) is 74.6 cm³/mol. The Morgan fingerprint density at radius 2 is 2.15 bits per heavy atom. The molecule has 4 heterocycles. The lowest BCUT2D eigenvalue weighted by Gasteiger charge is -2.01. The van der Waals surface area contributed by atoms with Crippen LogP contribution in [0.25, 0.3) is 27.8 Å². The second-order valence-electron chi connectivity index (χ2n) is 4.43. The van der Waals surface area contributed by atoms with Gasteiger partial charge in [-0.3, -0.25) is 0 Å². The highest BCUT2D eigenvalue weighted by molar-refractivity contribution is 5.93. The molecule has 0 bridgehead atoms. The van der Waals surface area contributed by atoms with Crippen molar-refractivity contribution in [1.29, 1.82) is 0 Å². The Labute approximate surface area is 114 Å². The number of rotatable bonds is 2. The van der Waals surface area contributed by atoms with E-state index < -0.39 is 0 Å². The van der Waals surface area contributed by atoms with Gasteiger partial charge in [0.15, 0.2) is 5.65 Å². The molecule has 4 aromatic heterocycles. The molecule has 98 valence electrons. The number of hydrogen-bond acceptors (Lipinski definition) is 4. The van der Waals surface area contributed by atoms with Crippen molar-refractivity contribution in [2.75, 3.05) is 7.11 Å². The van der Waals surface area contributed by atoms with E-state index >= 15 is 0 Å². The number of fused-ring (bicyclic) bond motifs is 2. The lowest BCUT2D eigenvalue weighted by atomic mass is 10.1. The van der Waals surface area contributed by atoms with Crippen molar-refractivity contribution in [2.45, 2.75) is 0 Å². The van der Waals surface area contributed by atoms with Crippen molar-refractivity contribution in [3.05, 3.63) is 43.0 Å². The Kier molecular flexibility index (Phi) is 2.23. The molecule has 0 fully saturated rings. The van der Waals surface area contributed by atoms with Crippen LogP contribution in [-0.4, -0.2) is 31.7 Å². The molecule has 4 rings (SSSR count). The summed E-state index contributed by atoms with van der Waals surface area (Å²) in [7, 11) is 1.61. The number of methoxy groups -OCH3 is 1. The molecule has 0 aliphatic heterocycles. The molecule has 6 heteroatoms. The van der Waals surface area contributed by atoms with E-state index in [0.29, 0.717) is 5.88 Å². The third-order valence-electron chi connectivity index (χ3n) is 3.31. The van der Waals surface area contributed by atoms with Crippen LogP contribution in [-0.2, 0) is 0 Å². The van der Waals surface area contributed by atoms with Gasteiger partial charge in [0, 0.05) is 35.0 Å². The minimum absolute atomic E-state index is 0.595. The van der Waals surface area contributed by atoms with Gasteiger partial charge in [-0.15, -0.1) is 0 Å². The molecule has 0 aliphatic rings. The molecule has 0 amide bonds. The fraction of sp³-hybridized carbons (Fsp3) is 0.0714. The van der Waals surface area contributed by atoms with Gasteiger partial charge in [-0.05, 0) is 18.2 Å². The first kappa shape index (κ1) is 11.0. The van der Waals surface area contributed by atoms with Gasteiger partial charge in [0.05, 0.1) is 7.11 Å². The first-order valence-electron chi connectivity index (χ1n) is 6.17. The largest absolute Gasteiger partial charge is 0.481 e. The second kappa shape index (κ2) is 4.06. The van der Waals surface area contributed by atoms with Gasteiger partial charge < -0.3 is 9.72 Å². The van der Waals surface area contributed by atoms with E-state index in [2.05, 4.69) is 20.1 Å². The third-order valence-corrected chi connectivity index (χ3v) is 3.31. The van der Waals surface area contributed by atoms with E-state index in [1.54, 1.807) is 18.0 Å². The summed E-state index contributed by atoms with van der Waals surface area (Å²) in [5.41, 5.74) is 3.76. The van der Waals surface area contributed by atoms with Gasteiger partial charge in [-0.2, -0.15) is 10.1 Å². The number of H-pyrrole nitrogens is 1. The fourth-order valence-electron chi connectivity index (χ4n) is 2.32. The van der Waals surface area contributed by atoms with E-state index in [9.17, 15) is 0 Å². The molecule has 4 aromatic rings. The maximum absolute atomic E-state index is 5.13. The van der Waals surface area contributed by atoms with Crippen molar-refractivity contribution in [2.24, 2.45) is 0 Å². The van der Waals surface area contributed by atoms with Crippen LogP contribution in [0.4, 0.5) is 0 Å². The predicted octanol–water partition coefficient (Wildman–Crippen LogP) is 2.28. The molecule has 20 heavy (non-hydrogen) atoms. The highest BCUT2D eigenvalue weighted by Gasteiger charge is 2.09. The number of pyridine rings is 2. The zero-order chi connectivity index (χ0) is 13.5. The van der Waals surface area contributed by atoms with Crippen molar-refractivity contribution in [1.82, 2.24) is 24.6 Å². The average Bonchev–Trinajstić information content (AvgIpc) is 3.11. The molecular formula is C14H11N5O. The summed E-state index contributed by atoms with van der Waals surface area (Å²) < 4.78 is 6.89. The van der Waals surface area contributed by atoms with Crippen molar-refractivity contribution < 1.29 is 4.74 Å². The average molecular weight is 265 g/mol. The topological polar surface area (TPSA) is 68.1 Å². The number of aromatic nitrogens is 5. The van der Waals surface area contributed by atoms with Crippen LogP contribution < -0.4 is 4.74 Å². The van der Waals surface area contributed by atoms with Crippen molar-refractivity contribution in [3.63, 3.8) is 0 Å². The first-order valence-corrected chi connectivity index (χ1v) is 6.17. The molecule has 0 aromatic carbocycles. The van der Waals surface area contributed by atoms with Crippen LogP contribution in [0.15, 0.2) is 43.0 Å². The van der Waals surface area contributed by atoms with Crippen molar-refractivity contribution in [3.8, 4) is 17.0 Å². The van der Waals surface area contributed by atoms with Crippen LogP contribution in [0.2, 0.25) is 0 Å². The molecule has 6 nitrogen and oxygen atoms in total. The Morgan fingerprint density at radius 3 is 3.05 bits per heavy atom. The van der Waals surface area contributed by atoms with Gasteiger partial charge in [0.2, 0.25) is 5.88 Å². The summed E-state index contributed by atoms with van der Waals surface area (Å²) in [6.45, 7) is 0. The molecule has 0 radical (unpaired) electrons. The van der Waals surface area contributed by atoms with Gasteiger partial charge in [-0.25, -0.2) is 9.50 Å². The lowest BCUT2D eigenvalue weighted by Crippen LogP contribution is -1.88. The smallest absolute Gasteiger partial charge is 0.214 e. The Morgan fingerprint density at radius 1 is 1.20 bits per heavy atom. The zero-order valence-corrected chi connectivity index (χ0v) is 10.7. The normalized spacial score (nSPS) is 11.2. The minimum Gasteiger partial charge on any atom is -0.481 e. The molecule has 1 N–H and O–H groups in total. The zero-order valence-electron chi connectivity index (χ0n) is 10.7. The van der Waals surface area contributed by atoms with Crippen LogP contribution in [0.3, 0.4) is 0 Å². The Bertz CT molecular complexity index is 908. The summed E-state index contributed by atoms with van der Waals surface area (Å²) in [5.74, 6) is 0.595. The maximum Gasteiger partial charge on any atom is 0.214 e. The Hall–Kier alpha value is -2.89. The quantitative estimate of drug-likeness (QED) is 0.603. The molecule has 0 saturated heterocycles. The van der Waals surface area contributed by atoms with Crippen LogP contribution in [0, 0.1) is 0 Å². The van der Waals surface area contributed by atoms with E-state index in [0.717, 1.165) is 27.8 Å². The summed E-state index contributed by atoms with van der Waals surface area (Å²) >= 11 is 0. The number of aromatic amines is 1. The number of nitrogens with one attached hydrogen (secondary N) is 1. The molecular weight excluding hydrogens is 254 g/mol. The van der Waals surface area contributed by atoms with Gasteiger partial charge in [0.1, 0.15) is 12.0 Å². The molecule has 0 unspecified atom stereocenters. The number of hydrogen-bond donors (Lipinski definition) is 1. The van der Waals surface area contributed by atoms with Gasteiger partial charge in [-0.1, -0.05) is 0 Å². The van der Waals surface area contributed by atoms with Crippen LogP contribution in [0.1, 0.15) is 0 Å². The monoisotopic (exact) mass is 265 g/mol.